The summed E-state index contributed by atoms with van der Waals surface area (Å²) in [7, 11) is -3.62. The summed E-state index contributed by atoms with van der Waals surface area (Å²) in [6.07, 6.45) is 1.73. The summed E-state index contributed by atoms with van der Waals surface area (Å²) in [5.74, 6) is 0.338. The van der Waals surface area contributed by atoms with E-state index in [-0.39, 0.29) is 4.90 Å². The quantitative estimate of drug-likeness (QED) is 0.853. The predicted octanol–water partition coefficient (Wildman–Crippen LogP) is 2.43. The average Bonchev–Trinajstić information content (AvgIpc) is 2.78. The molecule has 1 aliphatic rings. The maximum absolute atomic E-state index is 12.9. The molecule has 1 aliphatic heterocycles. The summed E-state index contributed by atoms with van der Waals surface area (Å²) in [5, 5.41) is 3.75. The van der Waals surface area contributed by atoms with Gasteiger partial charge in [-0.1, -0.05) is 23.4 Å². The Morgan fingerprint density at radius 1 is 1.25 bits per heavy atom. The van der Waals surface area contributed by atoms with E-state index >= 15 is 0 Å². The van der Waals surface area contributed by atoms with Crippen LogP contribution in [0.3, 0.4) is 0 Å². The van der Waals surface area contributed by atoms with Crippen molar-refractivity contribution >= 4 is 15.7 Å². The highest BCUT2D eigenvalue weighted by atomic mass is 32.2. The maximum atomic E-state index is 12.9. The molecule has 0 unspecified atom stereocenters. The molecule has 0 bridgehead atoms. The van der Waals surface area contributed by atoms with Crippen LogP contribution in [0, 0.1) is 13.8 Å². The molecular formula is C14H16N2O3S. The molecule has 0 atom stereocenters. The van der Waals surface area contributed by atoms with Crippen LogP contribution in [0.15, 0.2) is 33.7 Å². The zero-order valence-corrected chi connectivity index (χ0v) is 12.3. The molecule has 6 heteroatoms. The van der Waals surface area contributed by atoms with Gasteiger partial charge in [0, 0.05) is 6.54 Å². The van der Waals surface area contributed by atoms with Crippen molar-refractivity contribution in [1.82, 2.24) is 5.16 Å². The van der Waals surface area contributed by atoms with E-state index in [1.807, 2.05) is 24.3 Å². The van der Waals surface area contributed by atoms with E-state index < -0.39 is 10.0 Å². The van der Waals surface area contributed by atoms with Gasteiger partial charge in [-0.05, 0) is 38.3 Å². The summed E-state index contributed by atoms with van der Waals surface area (Å²) in [5.41, 5.74) is 2.23. The van der Waals surface area contributed by atoms with Crippen molar-refractivity contribution in [2.75, 3.05) is 10.8 Å². The van der Waals surface area contributed by atoms with E-state index in [9.17, 15) is 8.42 Å². The summed E-state index contributed by atoms with van der Waals surface area (Å²) in [4.78, 5) is 0.189. The van der Waals surface area contributed by atoms with Gasteiger partial charge in [-0.3, -0.25) is 4.31 Å². The van der Waals surface area contributed by atoms with Gasteiger partial charge in [-0.2, -0.15) is 0 Å². The van der Waals surface area contributed by atoms with Crippen LogP contribution in [0.4, 0.5) is 5.69 Å². The van der Waals surface area contributed by atoms with Crippen molar-refractivity contribution in [3.05, 3.63) is 41.3 Å². The molecule has 2 heterocycles. The van der Waals surface area contributed by atoms with Crippen molar-refractivity contribution in [2.45, 2.75) is 31.6 Å². The molecule has 0 fully saturated rings. The highest BCUT2D eigenvalue weighted by molar-refractivity contribution is 7.93. The Hall–Kier alpha value is -1.82. The van der Waals surface area contributed by atoms with Gasteiger partial charge in [0.15, 0.2) is 10.7 Å². The monoisotopic (exact) mass is 292 g/mol. The molecule has 2 aromatic rings. The molecule has 0 N–H and O–H groups in total. The fraction of sp³-hybridized carbons (Fsp3) is 0.357. The van der Waals surface area contributed by atoms with Crippen LogP contribution in [0.2, 0.25) is 0 Å². The Morgan fingerprint density at radius 2 is 2.00 bits per heavy atom. The molecule has 0 aliphatic carbocycles. The van der Waals surface area contributed by atoms with Gasteiger partial charge in [0.1, 0.15) is 5.69 Å². The normalized spacial score (nSPS) is 15.2. The van der Waals surface area contributed by atoms with Gasteiger partial charge >= 0.3 is 0 Å². The number of rotatable bonds is 2. The SMILES string of the molecule is Cc1noc(C)c1S(=O)(=O)N1CCCc2ccccc21. The minimum absolute atomic E-state index is 0.189. The zero-order chi connectivity index (χ0) is 14.3. The molecule has 0 saturated carbocycles. The van der Waals surface area contributed by atoms with Gasteiger partial charge in [-0.15, -0.1) is 0 Å². The van der Waals surface area contributed by atoms with E-state index in [1.165, 1.54) is 4.31 Å². The summed E-state index contributed by atoms with van der Waals surface area (Å²) < 4.78 is 32.2. The number of sulfonamides is 1. The number of hydrogen-bond acceptors (Lipinski definition) is 4. The fourth-order valence-electron chi connectivity index (χ4n) is 2.70. The summed E-state index contributed by atoms with van der Waals surface area (Å²) in [6.45, 7) is 3.77. The highest BCUT2D eigenvalue weighted by Gasteiger charge is 2.33. The largest absolute Gasteiger partial charge is 0.360 e. The smallest absolute Gasteiger partial charge is 0.269 e. The number of hydrogen-bond donors (Lipinski definition) is 0. The molecule has 1 aromatic carbocycles. The van der Waals surface area contributed by atoms with Crippen molar-refractivity contribution in [1.29, 1.82) is 0 Å². The minimum Gasteiger partial charge on any atom is -0.360 e. The summed E-state index contributed by atoms with van der Waals surface area (Å²) >= 11 is 0. The zero-order valence-electron chi connectivity index (χ0n) is 11.5. The van der Waals surface area contributed by atoms with Crippen molar-refractivity contribution < 1.29 is 12.9 Å². The number of para-hydroxylation sites is 1. The molecule has 20 heavy (non-hydrogen) atoms. The van der Waals surface area contributed by atoms with Crippen LogP contribution in [0.25, 0.3) is 0 Å². The first-order valence-corrected chi connectivity index (χ1v) is 7.99. The standard InChI is InChI=1S/C14H16N2O3S/c1-10-14(11(2)19-15-10)20(17,18)16-9-5-7-12-6-3-4-8-13(12)16/h3-4,6,8H,5,7,9H2,1-2H3. The van der Waals surface area contributed by atoms with Crippen molar-refractivity contribution in [2.24, 2.45) is 0 Å². The lowest BCUT2D eigenvalue weighted by atomic mass is 10.0. The van der Waals surface area contributed by atoms with Crippen molar-refractivity contribution in [3.8, 4) is 0 Å². The molecule has 3 rings (SSSR count). The molecule has 1 aromatic heterocycles. The van der Waals surface area contributed by atoms with Gasteiger partial charge in [0.25, 0.3) is 10.0 Å². The number of nitrogens with zero attached hydrogens (tertiary/aromatic N) is 2. The topological polar surface area (TPSA) is 63.4 Å². The van der Waals surface area contributed by atoms with E-state index in [1.54, 1.807) is 13.8 Å². The lowest BCUT2D eigenvalue weighted by molar-refractivity contribution is 0.390. The molecule has 0 amide bonds. The fourth-order valence-corrected chi connectivity index (χ4v) is 4.54. The first-order valence-electron chi connectivity index (χ1n) is 6.55. The van der Waals surface area contributed by atoms with Crippen LogP contribution in [0.1, 0.15) is 23.4 Å². The lowest BCUT2D eigenvalue weighted by Crippen LogP contribution is -2.35. The maximum Gasteiger partial charge on any atom is 0.269 e. The highest BCUT2D eigenvalue weighted by Crippen LogP contribution is 2.33. The second-order valence-electron chi connectivity index (χ2n) is 4.96. The van der Waals surface area contributed by atoms with Gasteiger partial charge in [0.2, 0.25) is 0 Å². The van der Waals surface area contributed by atoms with Gasteiger partial charge < -0.3 is 4.52 Å². The van der Waals surface area contributed by atoms with Gasteiger partial charge in [0.05, 0.1) is 5.69 Å². The number of aryl methyl sites for hydroxylation is 3. The lowest BCUT2D eigenvalue weighted by Gasteiger charge is -2.30. The number of anilines is 1. The molecule has 0 saturated heterocycles. The predicted molar refractivity (Wildman–Crippen MR) is 75.3 cm³/mol. The van der Waals surface area contributed by atoms with E-state index in [2.05, 4.69) is 5.16 Å². The molecular weight excluding hydrogens is 276 g/mol. The third kappa shape index (κ3) is 1.91. The second kappa shape index (κ2) is 4.63. The summed E-state index contributed by atoms with van der Waals surface area (Å²) in [6, 6.07) is 7.62. The van der Waals surface area contributed by atoms with Crippen LogP contribution >= 0.6 is 0 Å². The van der Waals surface area contributed by atoms with Crippen LogP contribution < -0.4 is 4.31 Å². The number of benzene rings is 1. The van der Waals surface area contributed by atoms with E-state index in [0.29, 0.717) is 18.0 Å². The molecule has 0 spiro atoms. The Morgan fingerprint density at radius 3 is 2.70 bits per heavy atom. The Bertz CT molecular complexity index is 730. The third-order valence-electron chi connectivity index (χ3n) is 3.58. The first-order chi connectivity index (χ1) is 9.51. The van der Waals surface area contributed by atoms with E-state index in [0.717, 1.165) is 24.1 Å². The minimum atomic E-state index is -3.62. The Balaban J connectivity index is 2.15. The molecule has 5 nitrogen and oxygen atoms in total. The number of fused-ring (bicyclic) bond motifs is 1. The van der Waals surface area contributed by atoms with Crippen LogP contribution in [0.5, 0.6) is 0 Å². The number of aromatic nitrogens is 1. The Labute approximate surface area is 118 Å². The van der Waals surface area contributed by atoms with Crippen LogP contribution in [-0.2, 0) is 16.4 Å². The first kappa shape index (κ1) is 13.2. The van der Waals surface area contributed by atoms with Gasteiger partial charge in [-0.25, -0.2) is 8.42 Å². The Kier molecular flexibility index (Phi) is 3.05. The molecule has 106 valence electrons. The van der Waals surface area contributed by atoms with E-state index in [4.69, 9.17) is 4.52 Å². The van der Waals surface area contributed by atoms with Crippen LogP contribution in [-0.4, -0.2) is 20.1 Å². The van der Waals surface area contributed by atoms with Crippen molar-refractivity contribution in [3.63, 3.8) is 0 Å². The third-order valence-corrected chi connectivity index (χ3v) is 5.64. The average molecular weight is 292 g/mol. The molecule has 0 radical (unpaired) electrons. The second-order valence-corrected chi connectivity index (χ2v) is 6.76.